The first-order valence-corrected chi connectivity index (χ1v) is 6.89. The number of rotatable bonds is 5. The Balaban J connectivity index is 1.79. The highest BCUT2D eigenvalue weighted by Crippen LogP contribution is 2.28. The van der Waals surface area contributed by atoms with Crippen LogP contribution in [0.3, 0.4) is 0 Å². The summed E-state index contributed by atoms with van der Waals surface area (Å²) in [6, 6.07) is 5.89. The number of nitrogen functional groups attached to an aromatic ring is 1. The second-order valence-electron chi connectivity index (χ2n) is 4.58. The average molecular weight is 250 g/mol. The Labute approximate surface area is 106 Å². The number of thioether (sulfide) groups is 1. The maximum absolute atomic E-state index is 11.6. The Morgan fingerprint density at radius 2 is 2.29 bits per heavy atom. The molecule has 2 rings (SSSR count). The van der Waals surface area contributed by atoms with Gasteiger partial charge in [-0.15, -0.1) is 11.8 Å². The van der Waals surface area contributed by atoms with Gasteiger partial charge in [0.15, 0.2) is 0 Å². The largest absolute Gasteiger partial charge is 0.398 e. The van der Waals surface area contributed by atoms with Crippen molar-refractivity contribution in [2.24, 2.45) is 5.92 Å². The van der Waals surface area contributed by atoms with Crippen LogP contribution in [0.25, 0.3) is 0 Å². The van der Waals surface area contributed by atoms with E-state index in [4.69, 9.17) is 5.73 Å². The van der Waals surface area contributed by atoms with Crippen LogP contribution < -0.4 is 11.1 Å². The number of nitrogens with two attached hydrogens (primary N) is 1. The molecule has 0 aromatic heterocycles. The monoisotopic (exact) mass is 250 g/mol. The fourth-order valence-electron chi connectivity index (χ4n) is 1.54. The Morgan fingerprint density at radius 1 is 1.53 bits per heavy atom. The van der Waals surface area contributed by atoms with Crippen LogP contribution in [-0.2, 0) is 4.79 Å². The van der Waals surface area contributed by atoms with E-state index < -0.39 is 0 Å². The number of hydrogen-bond acceptors (Lipinski definition) is 3. The van der Waals surface area contributed by atoms with Gasteiger partial charge in [-0.2, -0.15) is 0 Å². The summed E-state index contributed by atoms with van der Waals surface area (Å²) in [6.07, 6.45) is 2.52. The van der Waals surface area contributed by atoms with Gasteiger partial charge in [0.05, 0.1) is 5.75 Å². The summed E-state index contributed by atoms with van der Waals surface area (Å²) < 4.78 is 0. The number of nitrogens with one attached hydrogen (secondary N) is 1. The third-order valence-corrected chi connectivity index (χ3v) is 3.88. The van der Waals surface area contributed by atoms with Crippen molar-refractivity contribution >= 4 is 23.4 Å². The van der Waals surface area contributed by atoms with Crippen molar-refractivity contribution in [3.63, 3.8) is 0 Å². The molecule has 1 saturated carbocycles. The summed E-state index contributed by atoms with van der Waals surface area (Å²) >= 11 is 1.50. The molecular weight excluding hydrogens is 232 g/mol. The van der Waals surface area contributed by atoms with E-state index in [9.17, 15) is 4.79 Å². The fraction of sp³-hybridized carbons (Fsp3) is 0.462. The van der Waals surface area contributed by atoms with Gasteiger partial charge in [0.2, 0.25) is 5.91 Å². The first-order chi connectivity index (χ1) is 8.15. The Hall–Kier alpha value is -1.16. The first kappa shape index (κ1) is 12.3. The van der Waals surface area contributed by atoms with Crippen molar-refractivity contribution in [3.8, 4) is 0 Å². The van der Waals surface area contributed by atoms with Crippen molar-refractivity contribution in [3.05, 3.63) is 23.8 Å². The summed E-state index contributed by atoms with van der Waals surface area (Å²) in [5.74, 6) is 1.27. The summed E-state index contributed by atoms with van der Waals surface area (Å²) in [5, 5.41) is 2.95. The minimum absolute atomic E-state index is 0.0998. The summed E-state index contributed by atoms with van der Waals surface area (Å²) in [7, 11) is 0. The van der Waals surface area contributed by atoms with Crippen molar-refractivity contribution in [1.29, 1.82) is 0 Å². The highest BCUT2D eigenvalue weighted by atomic mass is 32.2. The van der Waals surface area contributed by atoms with Crippen LogP contribution in [0.4, 0.5) is 5.69 Å². The van der Waals surface area contributed by atoms with E-state index in [-0.39, 0.29) is 5.91 Å². The van der Waals surface area contributed by atoms with Gasteiger partial charge in [-0.3, -0.25) is 4.79 Å². The number of hydrogen-bond donors (Lipinski definition) is 2. The molecule has 1 amide bonds. The molecule has 17 heavy (non-hydrogen) atoms. The molecule has 1 fully saturated rings. The molecule has 0 saturated heterocycles. The SMILES string of the molecule is Cc1ccc(N)c(SCC(=O)NCC2CC2)c1. The number of amides is 1. The molecule has 3 N–H and O–H groups in total. The highest BCUT2D eigenvalue weighted by Gasteiger charge is 2.21. The molecule has 1 aromatic rings. The van der Waals surface area contributed by atoms with Crippen LogP contribution in [0.15, 0.2) is 23.1 Å². The number of aryl methyl sites for hydroxylation is 1. The van der Waals surface area contributed by atoms with E-state index in [1.54, 1.807) is 0 Å². The molecular formula is C13H18N2OS. The molecule has 0 atom stereocenters. The second kappa shape index (κ2) is 5.45. The molecule has 1 aliphatic carbocycles. The first-order valence-electron chi connectivity index (χ1n) is 5.91. The minimum Gasteiger partial charge on any atom is -0.398 e. The van der Waals surface area contributed by atoms with Crippen molar-refractivity contribution < 1.29 is 4.79 Å². The topological polar surface area (TPSA) is 55.1 Å². The minimum atomic E-state index is 0.0998. The van der Waals surface area contributed by atoms with Crippen LogP contribution in [0, 0.1) is 12.8 Å². The van der Waals surface area contributed by atoms with E-state index >= 15 is 0 Å². The lowest BCUT2D eigenvalue weighted by Gasteiger charge is -2.07. The van der Waals surface area contributed by atoms with Crippen LogP contribution in [0.1, 0.15) is 18.4 Å². The molecule has 0 heterocycles. The number of carbonyl (C=O) groups excluding carboxylic acids is 1. The molecule has 1 aliphatic rings. The predicted octanol–water partition coefficient (Wildman–Crippen LogP) is 2.20. The molecule has 0 aliphatic heterocycles. The highest BCUT2D eigenvalue weighted by molar-refractivity contribution is 8.00. The zero-order chi connectivity index (χ0) is 12.3. The molecule has 0 spiro atoms. The van der Waals surface area contributed by atoms with Gasteiger partial charge < -0.3 is 11.1 Å². The van der Waals surface area contributed by atoms with Gasteiger partial charge in [0.1, 0.15) is 0 Å². The van der Waals surface area contributed by atoms with Gasteiger partial charge in [0, 0.05) is 17.1 Å². The Bertz CT molecular complexity index is 416. The molecule has 0 bridgehead atoms. The van der Waals surface area contributed by atoms with Crippen LogP contribution in [0.5, 0.6) is 0 Å². The van der Waals surface area contributed by atoms with Crippen molar-refractivity contribution in [2.75, 3.05) is 18.0 Å². The smallest absolute Gasteiger partial charge is 0.230 e. The summed E-state index contributed by atoms with van der Waals surface area (Å²) in [5.41, 5.74) is 7.77. The predicted molar refractivity (Wildman–Crippen MR) is 72.0 cm³/mol. The van der Waals surface area contributed by atoms with Crippen LogP contribution in [-0.4, -0.2) is 18.2 Å². The molecule has 0 unspecified atom stereocenters. The normalized spacial score (nSPS) is 14.6. The Kier molecular flexibility index (Phi) is 3.94. The van der Waals surface area contributed by atoms with E-state index in [0.29, 0.717) is 5.75 Å². The van der Waals surface area contributed by atoms with Gasteiger partial charge in [-0.1, -0.05) is 6.07 Å². The van der Waals surface area contributed by atoms with Gasteiger partial charge >= 0.3 is 0 Å². The lowest BCUT2D eigenvalue weighted by Crippen LogP contribution is -2.27. The lowest BCUT2D eigenvalue weighted by atomic mass is 10.2. The molecule has 1 aromatic carbocycles. The second-order valence-corrected chi connectivity index (χ2v) is 5.59. The van der Waals surface area contributed by atoms with Crippen molar-refractivity contribution in [1.82, 2.24) is 5.32 Å². The average Bonchev–Trinajstić information content (AvgIpc) is 3.11. The quantitative estimate of drug-likeness (QED) is 0.622. The maximum atomic E-state index is 11.6. The standard InChI is InChI=1S/C13H18N2OS/c1-9-2-5-11(14)12(6-9)17-8-13(16)15-7-10-3-4-10/h2,5-6,10H,3-4,7-8,14H2,1H3,(H,15,16). The zero-order valence-corrected chi connectivity index (χ0v) is 10.8. The fourth-order valence-corrected chi connectivity index (χ4v) is 2.43. The zero-order valence-electron chi connectivity index (χ0n) is 10.0. The summed E-state index contributed by atoms with van der Waals surface area (Å²) in [4.78, 5) is 12.6. The third kappa shape index (κ3) is 3.97. The maximum Gasteiger partial charge on any atom is 0.230 e. The van der Waals surface area contributed by atoms with E-state index in [1.165, 1.54) is 30.2 Å². The number of anilines is 1. The van der Waals surface area contributed by atoms with E-state index in [0.717, 1.165) is 23.0 Å². The van der Waals surface area contributed by atoms with Crippen LogP contribution in [0.2, 0.25) is 0 Å². The number of carbonyl (C=O) groups is 1. The van der Waals surface area contributed by atoms with E-state index in [1.807, 2.05) is 25.1 Å². The number of benzene rings is 1. The molecule has 4 heteroatoms. The third-order valence-electron chi connectivity index (χ3n) is 2.81. The van der Waals surface area contributed by atoms with E-state index in [2.05, 4.69) is 5.32 Å². The molecule has 3 nitrogen and oxygen atoms in total. The Morgan fingerprint density at radius 3 is 3.00 bits per heavy atom. The van der Waals surface area contributed by atoms with Gasteiger partial charge in [-0.25, -0.2) is 0 Å². The lowest BCUT2D eigenvalue weighted by molar-refractivity contribution is -0.118. The molecule has 92 valence electrons. The van der Waals surface area contributed by atoms with Crippen LogP contribution >= 0.6 is 11.8 Å². The molecule has 0 radical (unpaired) electrons. The van der Waals surface area contributed by atoms with Gasteiger partial charge in [-0.05, 0) is 43.4 Å². The van der Waals surface area contributed by atoms with Gasteiger partial charge in [0.25, 0.3) is 0 Å². The summed E-state index contributed by atoms with van der Waals surface area (Å²) in [6.45, 7) is 2.86. The van der Waals surface area contributed by atoms with Crippen molar-refractivity contribution in [2.45, 2.75) is 24.7 Å².